The highest BCUT2D eigenvalue weighted by molar-refractivity contribution is 4.80. The Labute approximate surface area is 87.5 Å². The molecule has 1 saturated heterocycles. The fraction of sp³-hybridized carbons (Fsp3) is 1.00. The second-order valence-electron chi connectivity index (χ2n) is 4.89. The summed E-state index contributed by atoms with van der Waals surface area (Å²) in [6.07, 6.45) is 1.18. The van der Waals surface area contributed by atoms with E-state index in [2.05, 4.69) is 31.0 Å². The summed E-state index contributed by atoms with van der Waals surface area (Å²) in [6.45, 7) is 10.2. The van der Waals surface area contributed by atoms with Crippen LogP contribution in [0.25, 0.3) is 0 Å². The molecule has 1 fully saturated rings. The van der Waals surface area contributed by atoms with Crippen molar-refractivity contribution in [2.75, 3.05) is 26.2 Å². The van der Waals surface area contributed by atoms with Gasteiger partial charge in [0.15, 0.2) is 0 Å². The monoisotopic (exact) mass is 200 g/mol. The summed E-state index contributed by atoms with van der Waals surface area (Å²) < 4.78 is 0. The number of nitrogens with one attached hydrogen (secondary N) is 1. The first-order valence-electron chi connectivity index (χ1n) is 5.71. The van der Waals surface area contributed by atoms with Crippen molar-refractivity contribution in [2.24, 2.45) is 5.92 Å². The van der Waals surface area contributed by atoms with E-state index in [0.29, 0.717) is 12.0 Å². The molecule has 1 rings (SSSR count). The van der Waals surface area contributed by atoms with Crippen molar-refractivity contribution in [3.05, 3.63) is 0 Å². The lowest BCUT2D eigenvalue weighted by molar-refractivity contribution is 0.188. The molecule has 2 N–H and O–H groups in total. The average Bonchev–Trinajstić information content (AvgIpc) is 2.27. The van der Waals surface area contributed by atoms with Crippen LogP contribution in [0.2, 0.25) is 0 Å². The van der Waals surface area contributed by atoms with Gasteiger partial charge in [-0.05, 0) is 25.8 Å². The molecule has 2 unspecified atom stereocenters. The molecule has 0 aromatic carbocycles. The topological polar surface area (TPSA) is 35.5 Å². The van der Waals surface area contributed by atoms with E-state index < -0.39 is 0 Å². The second kappa shape index (κ2) is 5.69. The molecule has 1 heterocycles. The Bertz CT molecular complexity index is 161. The molecule has 0 aromatic heterocycles. The second-order valence-corrected chi connectivity index (χ2v) is 4.89. The van der Waals surface area contributed by atoms with Crippen molar-refractivity contribution < 1.29 is 5.11 Å². The van der Waals surface area contributed by atoms with Gasteiger partial charge in [-0.25, -0.2) is 0 Å². The first-order valence-corrected chi connectivity index (χ1v) is 5.71. The van der Waals surface area contributed by atoms with E-state index >= 15 is 0 Å². The van der Waals surface area contributed by atoms with Crippen molar-refractivity contribution in [1.29, 1.82) is 0 Å². The van der Waals surface area contributed by atoms with Crippen LogP contribution in [0.1, 0.15) is 27.2 Å². The molecule has 1 aliphatic rings. The Balaban J connectivity index is 2.44. The summed E-state index contributed by atoms with van der Waals surface area (Å²) in [4.78, 5) is 2.46. The number of aliphatic hydroxyl groups excluding tert-OH is 1. The standard InChI is InChI=1S/C11H24N2O/c1-9(2)6-13-5-4-10(3)12-11(7-13)8-14/h9-12,14H,4-8H2,1-3H3. The number of hydrogen-bond donors (Lipinski definition) is 2. The zero-order valence-electron chi connectivity index (χ0n) is 9.66. The number of nitrogens with zero attached hydrogens (tertiary/aromatic N) is 1. The van der Waals surface area contributed by atoms with Crippen molar-refractivity contribution >= 4 is 0 Å². The number of hydrogen-bond acceptors (Lipinski definition) is 3. The quantitative estimate of drug-likeness (QED) is 0.703. The third-order valence-corrected chi connectivity index (χ3v) is 2.72. The third kappa shape index (κ3) is 3.95. The number of aliphatic hydroxyl groups is 1. The Hall–Kier alpha value is -0.120. The van der Waals surface area contributed by atoms with E-state index in [-0.39, 0.29) is 12.6 Å². The van der Waals surface area contributed by atoms with Crippen LogP contribution >= 0.6 is 0 Å². The van der Waals surface area contributed by atoms with Gasteiger partial charge in [-0.3, -0.25) is 0 Å². The Morgan fingerprint density at radius 3 is 2.79 bits per heavy atom. The maximum absolute atomic E-state index is 9.20. The van der Waals surface area contributed by atoms with E-state index in [4.69, 9.17) is 0 Å². The molecule has 0 spiro atoms. The molecule has 0 aliphatic carbocycles. The maximum atomic E-state index is 9.20. The van der Waals surface area contributed by atoms with Crippen LogP contribution in [0.4, 0.5) is 0 Å². The predicted molar refractivity (Wildman–Crippen MR) is 59.4 cm³/mol. The van der Waals surface area contributed by atoms with Gasteiger partial charge in [0.25, 0.3) is 0 Å². The highest BCUT2D eigenvalue weighted by atomic mass is 16.3. The van der Waals surface area contributed by atoms with Gasteiger partial charge in [0, 0.05) is 25.2 Å². The largest absolute Gasteiger partial charge is 0.395 e. The molecule has 0 saturated carbocycles. The third-order valence-electron chi connectivity index (χ3n) is 2.72. The fourth-order valence-electron chi connectivity index (χ4n) is 2.11. The molecule has 0 aromatic rings. The van der Waals surface area contributed by atoms with Gasteiger partial charge in [-0.15, -0.1) is 0 Å². The van der Waals surface area contributed by atoms with Crippen LogP contribution in [0.3, 0.4) is 0 Å². The lowest BCUT2D eigenvalue weighted by Gasteiger charge is -2.24. The van der Waals surface area contributed by atoms with Crippen LogP contribution in [-0.2, 0) is 0 Å². The molecule has 0 bridgehead atoms. The molecule has 84 valence electrons. The molecule has 14 heavy (non-hydrogen) atoms. The molecule has 0 radical (unpaired) electrons. The summed E-state index contributed by atoms with van der Waals surface area (Å²) >= 11 is 0. The summed E-state index contributed by atoms with van der Waals surface area (Å²) in [7, 11) is 0. The molecular formula is C11H24N2O. The Morgan fingerprint density at radius 2 is 2.21 bits per heavy atom. The number of rotatable bonds is 3. The van der Waals surface area contributed by atoms with Gasteiger partial charge < -0.3 is 15.3 Å². The molecule has 3 heteroatoms. The van der Waals surface area contributed by atoms with Crippen LogP contribution < -0.4 is 5.32 Å². The van der Waals surface area contributed by atoms with Gasteiger partial charge in [0.2, 0.25) is 0 Å². The smallest absolute Gasteiger partial charge is 0.0597 e. The van der Waals surface area contributed by atoms with Crippen molar-refractivity contribution in [3.63, 3.8) is 0 Å². The van der Waals surface area contributed by atoms with Crippen molar-refractivity contribution in [2.45, 2.75) is 39.3 Å². The van der Waals surface area contributed by atoms with E-state index in [1.54, 1.807) is 0 Å². The minimum Gasteiger partial charge on any atom is -0.395 e. The van der Waals surface area contributed by atoms with E-state index in [9.17, 15) is 5.11 Å². The first-order chi connectivity index (χ1) is 6.61. The first kappa shape index (κ1) is 12.0. The van der Waals surface area contributed by atoms with E-state index in [1.807, 2.05) is 0 Å². The minimum atomic E-state index is 0.249. The normalized spacial score (nSPS) is 30.6. The lowest BCUT2D eigenvalue weighted by Crippen LogP contribution is -2.43. The molecule has 3 nitrogen and oxygen atoms in total. The molecule has 0 amide bonds. The van der Waals surface area contributed by atoms with E-state index in [1.165, 1.54) is 6.42 Å². The summed E-state index contributed by atoms with van der Waals surface area (Å²) in [6, 6.07) is 0.788. The Kier molecular flexibility index (Phi) is 4.85. The van der Waals surface area contributed by atoms with Crippen LogP contribution in [0.15, 0.2) is 0 Å². The predicted octanol–water partition coefficient (Wildman–Crippen LogP) is 0.687. The van der Waals surface area contributed by atoms with E-state index in [0.717, 1.165) is 19.6 Å². The zero-order valence-corrected chi connectivity index (χ0v) is 9.66. The van der Waals surface area contributed by atoms with Gasteiger partial charge in [-0.1, -0.05) is 13.8 Å². The summed E-state index contributed by atoms with van der Waals surface area (Å²) in [5, 5.41) is 12.6. The van der Waals surface area contributed by atoms with Crippen LogP contribution in [0.5, 0.6) is 0 Å². The summed E-state index contributed by atoms with van der Waals surface area (Å²) in [5.41, 5.74) is 0. The van der Waals surface area contributed by atoms with Crippen LogP contribution in [-0.4, -0.2) is 48.3 Å². The van der Waals surface area contributed by atoms with Crippen molar-refractivity contribution in [3.8, 4) is 0 Å². The van der Waals surface area contributed by atoms with Gasteiger partial charge in [-0.2, -0.15) is 0 Å². The van der Waals surface area contributed by atoms with Gasteiger partial charge in [0.1, 0.15) is 0 Å². The molecule has 1 aliphatic heterocycles. The van der Waals surface area contributed by atoms with Crippen LogP contribution in [0, 0.1) is 5.92 Å². The molecule has 2 atom stereocenters. The highest BCUT2D eigenvalue weighted by Crippen LogP contribution is 2.07. The minimum absolute atomic E-state index is 0.249. The SMILES string of the molecule is CC(C)CN1CCC(C)NC(CO)C1. The lowest BCUT2D eigenvalue weighted by atomic mass is 10.2. The summed E-state index contributed by atoms with van der Waals surface area (Å²) in [5.74, 6) is 0.711. The highest BCUT2D eigenvalue weighted by Gasteiger charge is 2.20. The fourth-order valence-corrected chi connectivity index (χ4v) is 2.11. The van der Waals surface area contributed by atoms with Crippen molar-refractivity contribution in [1.82, 2.24) is 10.2 Å². The average molecular weight is 200 g/mol. The van der Waals surface area contributed by atoms with Gasteiger partial charge >= 0.3 is 0 Å². The molecular weight excluding hydrogens is 176 g/mol. The van der Waals surface area contributed by atoms with Gasteiger partial charge in [0.05, 0.1) is 6.61 Å². The Morgan fingerprint density at radius 1 is 1.50 bits per heavy atom. The zero-order chi connectivity index (χ0) is 10.6. The maximum Gasteiger partial charge on any atom is 0.0597 e.